The number of nitrogens with one attached hydrogen (secondary N) is 1. The molecule has 1 aliphatic rings. The quantitative estimate of drug-likeness (QED) is 0.689. The number of hydrogen-bond acceptors (Lipinski definition) is 4. The summed E-state index contributed by atoms with van der Waals surface area (Å²) in [5, 5.41) is 14.5. The van der Waals surface area contributed by atoms with Gasteiger partial charge in [-0.05, 0) is 29.3 Å². The van der Waals surface area contributed by atoms with Gasteiger partial charge >= 0.3 is 0 Å². The highest BCUT2D eigenvalue weighted by Crippen LogP contribution is 2.29. The zero-order valence-corrected chi connectivity index (χ0v) is 11.9. The van der Waals surface area contributed by atoms with Crippen LogP contribution < -0.4 is 10.1 Å². The predicted molar refractivity (Wildman–Crippen MR) is 81.1 cm³/mol. The summed E-state index contributed by atoms with van der Waals surface area (Å²) in [5.74, 6) is 0.924. The average Bonchev–Trinajstić information content (AvgIpc) is 2.92. The van der Waals surface area contributed by atoms with E-state index >= 15 is 0 Å². The van der Waals surface area contributed by atoms with Crippen LogP contribution in [-0.4, -0.2) is 11.5 Å². The van der Waals surface area contributed by atoms with Crippen molar-refractivity contribution in [3.63, 3.8) is 0 Å². The molecule has 0 unspecified atom stereocenters. The SMILES string of the molecule is O=[N+]([O-])c1ccc(Cl)cc1NCc1ccc2c(c1)CCO2. The molecule has 1 N–H and O–H groups in total. The van der Waals surface area contributed by atoms with E-state index < -0.39 is 4.92 Å². The van der Waals surface area contributed by atoms with Crippen LogP contribution in [0.15, 0.2) is 36.4 Å². The van der Waals surface area contributed by atoms with Crippen LogP contribution in [0.1, 0.15) is 11.1 Å². The first kappa shape index (κ1) is 13.7. The van der Waals surface area contributed by atoms with Crippen molar-refractivity contribution in [2.75, 3.05) is 11.9 Å². The Hall–Kier alpha value is -2.27. The Morgan fingerprint density at radius 3 is 2.95 bits per heavy atom. The Morgan fingerprint density at radius 1 is 1.29 bits per heavy atom. The van der Waals surface area contributed by atoms with Crippen LogP contribution in [0.4, 0.5) is 11.4 Å². The van der Waals surface area contributed by atoms with Crippen molar-refractivity contribution >= 4 is 23.0 Å². The van der Waals surface area contributed by atoms with Gasteiger partial charge in [-0.1, -0.05) is 23.7 Å². The van der Waals surface area contributed by atoms with Gasteiger partial charge in [0.1, 0.15) is 11.4 Å². The molecule has 6 heteroatoms. The van der Waals surface area contributed by atoms with Crippen molar-refractivity contribution < 1.29 is 9.66 Å². The van der Waals surface area contributed by atoms with E-state index in [0.29, 0.717) is 23.9 Å². The monoisotopic (exact) mass is 304 g/mol. The topological polar surface area (TPSA) is 64.4 Å². The highest BCUT2D eigenvalue weighted by Gasteiger charge is 2.15. The summed E-state index contributed by atoms with van der Waals surface area (Å²) in [6.07, 6.45) is 0.903. The van der Waals surface area contributed by atoms with Gasteiger partial charge in [0, 0.05) is 24.1 Å². The number of nitro groups is 1. The molecular weight excluding hydrogens is 292 g/mol. The van der Waals surface area contributed by atoms with Crippen molar-refractivity contribution in [1.29, 1.82) is 0 Å². The van der Waals surface area contributed by atoms with Crippen LogP contribution in [0.3, 0.4) is 0 Å². The van der Waals surface area contributed by atoms with Gasteiger partial charge in [0.2, 0.25) is 0 Å². The van der Waals surface area contributed by atoms with Gasteiger partial charge in [-0.15, -0.1) is 0 Å². The molecule has 0 bridgehead atoms. The van der Waals surface area contributed by atoms with Crippen LogP contribution >= 0.6 is 11.6 Å². The molecule has 0 amide bonds. The third kappa shape index (κ3) is 2.92. The molecular formula is C15H13ClN2O3. The number of nitro benzene ring substituents is 1. The number of hydrogen-bond donors (Lipinski definition) is 1. The number of nitrogens with zero attached hydrogens (tertiary/aromatic N) is 1. The fourth-order valence-electron chi connectivity index (χ4n) is 2.36. The normalized spacial score (nSPS) is 12.6. The number of halogens is 1. The minimum atomic E-state index is -0.421. The molecule has 1 aliphatic heterocycles. The first-order chi connectivity index (χ1) is 10.1. The van der Waals surface area contributed by atoms with Gasteiger partial charge in [0.05, 0.1) is 11.5 Å². The van der Waals surface area contributed by atoms with Crippen molar-refractivity contribution in [2.24, 2.45) is 0 Å². The lowest BCUT2D eigenvalue weighted by atomic mass is 10.1. The van der Waals surface area contributed by atoms with Gasteiger partial charge in [0.25, 0.3) is 5.69 Å². The van der Waals surface area contributed by atoms with E-state index in [0.717, 1.165) is 17.7 Å². The van der Waals surface area contributed by atoms with Crippen LogP contribution in [0.5, 0.6) is 5.75 Å². The summed E-state index contributed by atoms with van der Waals surface area (Å²) in [6.45, 7) is 1.21. The summed E-state index contributed by atoms with van der Waals surface area (Å²) in [4.78, 5) is 10.6. The molecule has 21 heavy (non-hydrogen) atoms. The Morgan fingerprint density at radius 2 is 2.14 bits per heavy atom. The summed E-state index contributed by atoms with van der Waals surface area (Å²) in [6, 6.07) is 10.4. The largest absolute Gasteiger partial charge is 0.493 e. The van der Waals surface area contributed by atoms with E-state index in [9.17, 15) is 10.1 Å². The summed E-state index contributed by atoms with van der Waals surface area (Å²) < 4.78 is 5.46. The number of benzene rings is 2. The van der Waals surface area contributed by atoms with Crippen LogP contribution in [0.2, 0.25) is 5.02 Å². The predicted octanol–water partition coefficient (Wildman–Crippen LogP) is 3.80. The Labute approximate surface area is 126 Å². The van der Waals surface area contributed by atoms with Crippen LogP contribution in [0.25, 0.3) is 0 Å². The molecule has 0 spiro atoms. The highest BCUT2D eigenvalue weighted by molar-refractivity contribution is 6.31. The zero-order valence-electron chi connectivity index (χ0n) is 11.1. The van der Waals surface area contributed by atoms with Crippen molar-refractivity contribution in [3.05, 3.63) is 62.7 Å². The Kier molecular flexibility index (Phi) is 3.66. The maximum absolute atomic E-state index is 11.0. The third-order valence-electron chi connectivity index (χ3n) is 3.39. The van der Waals surface area contributed by atoms with E-state index in [1.54, 1.807) is 6.07 Å². The summed E-state index contributed by atoms with van der Waals surface area (Å²) >= 11 is 5.90. The Bertz CT molecular complexity index is 703. The van der Waals surface area contributed by atoms with Crippen molar-refractivity contribution in [1.82, 2.24) is 0 Å². The lowest BCUT2D eigenvalue weighted by molar-refractivity contribution is -0.384. The summed E-state index contributed by atoms with van der Waals surface area (Å²) in [7, 11) is 0. The van der Waals surface area contributed by atoms with E-state index in [1.165, 1.54) is 17.7 Å². The number of rotatable bonds is 4. The highest BCUT2D eigenvalue weighted by atomic mass is 35.5. The molecule has 1 heterocycles. The minimum absolute atomic E-state index is 0.0175. The van der Waals surface area contributed by atoms with E-state index in [2.05, 4.69) is 11.4 Å². The molecule has 5 nitrogen and oxygen atoms in total. The van der Waals surface area contributed by atoms with Gasteiger partial charge in [-0.25, -0.2) is 0 Å². The number of ether oxygens (including phenoxy) is 1. The molecule has 0 fully saturated rings. The molecule has 0 saturated carbocycles. The summed E-state index contributed by atoms with van der Waals surface area (Å²) in [5.41, 5.74) is 2.66. The van der Waals surface area contributed by atoms with E-state index in [4.69, 9.17) is 16.3 Å². The first-order valence-electron chi connectivity index (χ1n) is 6.56. The number of anilines is 1. The van der Waals surface area contributed by atoms with Gasteiger partial charge < -0.3 is 10.1 Å². The molecule has 0 aromatic heterocycles. The smallest absolute Gasteiger partial charge is 0.292 e. The minimum Gasteiger partial charge on any atom is -0.493 e. The fraction of sp³-hybridized carbons (Fsp3) is 0.200. The maximum atomic E-state index is 11.0. The van der Waals surface area contributed by atoms with Gasteiger partial charge in [0.15, 0.2) is 0 Å². The molecule has 0 saturated heterocycles. The second-order valence-electron chi connectivity index (χ2n) is 4.81. The fourth-order valence-corrected chi connectivity index (χ4v) is 2.53. The van der Waals surface area contributed by atoms with Crippen LogP contribution in [0, 0.1) is 10.1 Å². The lowest BCUT2D eigenvalue weighted by Gasteiger charge is -2.09. The van der Waals surface area contributed by atoms with Crippen LogP contribution in [-0.2, 0) is 13.0 Å². The third-order valence-corrected chi connectivity index (χ3v) is 3.63. The van der Waals surface area contributed by atoms with Gasteiger partial charge in [-0.2, -0.15) is 0 Å². The lowest BCUT2D eigenvalue weighted by Crippen LogP contribution is -2.03. The standard InChI is InChI=1S/C15H13ClN2O3/c16-12-2-3-14(18(19)20)13(8-12)17-9-10-1-4-15-11(7-10)5-6-21-15/h1-4,7-8,17H,5-6,9H2. The molecule has 2 aromatic rings. The molecule has 2 aromatic carbocycles. The van der Waals surface area contributed by atoms with Crippen molar-refractivity contribution in [2.45, 2.75) is 13.0 Å². The molecule has 108 valence electrons. The molecule has 0 radical (unpaired) electrons. The van der Waals surface area contributed by atoms with E-state index in [-0.39, 0.29) is 5.69 Å². The zero-order chi connectivity index (χ0) is 14.8. The Balaban J connectivity index is 1.78. The van der Waals surface area contributed by atoms with E-state index in [1.807, 2.05) is 12.1 Å². The van der Waals surface area contributed by atoms with Gasteiger partial charge in [-0.3, -0.25) is 10.1 Å². The molecule has 3 rings (SSSR count). The molecule has 0 atom stereocenters. The second-order valence-corrected chi connectivity index (χ2v) is 5.25. The second kappa shape index (κ2) is 5.61. The van der Waals surface area contributed by atoms with Crippen molar-refractivity contribution in [3.8, 4) is 5.75 Å². The average molecular weight is 305 g/mol. The maximum Gasteiger partial charge on any atom is 0.292 e. The number of fused-ring (bicyclic) bond motifs is 1. The molecule has 0 aliphatic carbocycles. The first-order valence-corrected chi connectivity index (χ1v) is 6.94.